The monoisotopic (exact) mass is 326 g/mol. The van der Waals surface area contributed by atoms with E-state index in [9.17, 15) is 19.3 Å². The van der Waals surface area contributed by atoms with Gasteiger partial charge < -0.3 is 4.74 Å². The van der Waals surface area contributed by atoms with Crippen LogP contribution in [0.2, 0.25) is 0 Å². The van der Waals surface area contributed by atoms with Crippen LogP contribution in [0.25, 0.3) is 6.08 Å². The summed E-state index contributed by atoms with van der Waals surface area (Å²) in [5, 5.41) is 11.1. The second-order valence-corrected chi connectivity index (χ2v) is 5.17. The Bertz CT molecular complexity index is 901. The first-order chi connectivity index (χ1) is 11.4. The average Bonchev–Trinajstić information content (AvgIpc) is 2.90. The Morgan fingerprint density at radius 1 is 1.21 bits per heavy atom. The van der Waals surface area contributed by atoms with Gasteiger partial charge in [0.05, 0.1) is 4.92 Å². The highest BCUT2D eigenvalue weighted by atomic mass is 19.1. The smallest absolute Gasteiger partial charge is 0.363 e. The van der Waals surface area contributed by atoms with E-state index in [0.29, 0.717) is 5.56 Å². The summed E-state index contributed by atoms with van der Waals surface area (Å²) in [4.78, 5) is 26.6. The quantitative estimate of drug-likeness (QED) is 0.375. The first kappa shape index (κ1) is 15.5. The highest BCUT2D eigenvalue weighted by Gasteiger charge is 2.29. The number of benzene rings is 2. The van der Waals surface area contributed by atoms with Gasteiger partial charge in [-0.2, -0.15) is 0 Å². The molecule has 2 aromatic carbocycles. The molecule has 0 aliphatic carbocycles. The molecule has 1 aliphatic rings. The fraction of sp³-hybridized carbons (Fsp3) is 0.0588. The van der Waals surface area contributed by atoms with Crippen molar-refractivity contribution < 1.29 is 18.8 Å². The standard InChI is InChI=1S/C17H11FN2O4/c1-10-2-7-15(20(22)23)13(8-10)16-19-14(17(21)24-16)9-11-3-5-12(18)6-4-11/h2-9H,1H3. The molecule has 1 aliphatic heterocycles. The number of hydrogen-bond acceptors (Lipinski definition) is 5. The van der Waals surface area contributed by atoms with E-state index in [1.54, 1.807) is 13.0 Å². The lowest BCUT2D eigenvalue weighted by Gasteiger charge is -2.02. The van der Waals surface area contributed by atoms with Crippen molar-refractivity contribution in [2.45, 2.75) is 6.92 Å². The van der Waals surface area contributed by atoms with Gasteiger partial charge >= 0.3 is 5.97 Å². The molecule has 0 atom stereocenters. The topological polar surface area (TPSA) is 81.8 Å². The maximum atomic E-state index is 12.9. The van der Waals surface area contributed by atoms with Crippen molar-refractivity contribution in [2.75, 3.05) is 0 Å². The number of carbonyl (C=O) groups is 1. The molecule has 0 spiro atoms. The molecule has 120 valence electrons. The lowest BCUT2D eigenvalue weighted by Crippen LogP contribution is -2.08. The highest BCUT2D eigenvalue weighted by Crippen LogP contribution is 2.26. The van der Waals surface area contributed by atoms with E-state index in [1.807, 2.05) is 0 Å². The van der Waals surface area contributed by atoms with Crippen molar-refractivity contribution in [2.24, 2.45) is 4.99 Å². The molecule has 0 saturated heterocycles. The Morgan fingerprint density at radius 3 is 2.58 bits per heavy atom. The van der Waals surface area contributed by atoms with E-state index in [0.717, 1.165) is 5.56 Å². The normalized spacial score (nSPS) is 15.3. The number of esters is 1. The van der Waals surface area contributed by atoms with Crippen LogP contribution >= 0.6 is 0 Å². The van der Waals surface area contributed by atoms with E-state index >= 15 is 0 Å². The van der Waals surface area contributed by atoms with Crippen LogP contribution in [0.5, 0.6) is 0 Å². The van der Waals surface area contributed by atoms with Crippen LogP contribution in [0.4, 0.5) is 10.1 Å². The second kappa shape index (κ2) is 6.04. The summed E-state index contributed by atoms with van der Waals surface area (Å²) in [5.41, 5.74) is 1.26. The maximum absolute atomic E-state index is 12.9. The first-order valence-electron chi connectivity index (χ1n) is 6.97. The van der Waals surface area contributed by atoms with Gasteiger partial charge in [0.1, 0.15) is 11.4 Å². The molecule has 0 N–H and O–H groups in total. The largest absolute Gasteiger partial charge is 0.402 e. The number of halogens is 1. The van der Waals surface area contributed by atoms with Crippen molar-refractivity contribution in [1.29, 1.82) is 0 Å². The number of aryl methyl sites for hydroxylation is 1. The number of cyclic esters (lactones) is 1. The SMILES string of the molecule is Cc1ccc([N+](=O)[O-])c(C2=NC(=Cc3ccc(F)cc3)C(=O)O2)c1. The number of hydrogen-bond donors (Lipinski definition) is 0. The Hall–Kier alpha value is -3.35. The summed E-state index contributed by atoms with van der Waals surface area (Å²) in [5.74, 6) is -1.24. The third-order valence-electron chi connectivity index (χ3n) is 3.37. The van der Waals surface area contributed by atoms with Crippen LogP contribution in [-0.4, -0.2) is 16.8 Å². The number of nitro benzene ring substituents is 1. The van der Waals surface area contributed by atoms with Gasteiger partial charge in [0, 0.05) is 6.07 Å². The van der Waals surface area contributed by atoms with E-state index < -0.39 is 16.7 Å². The number of ether oxygens (including phenoxy) is 1. The summed E-state index contributed by atoms with van der Waals surface area (Å²) in [7, 11) is 0. The molecule has 2 aromatic rings. The first-order valence-corrected chi connectivity index (χ1v) is 6.97. The lowest BCUT2D eigenvalue weighted by atomic mass is 10.1. The summed E-state index contributed by atoms with van der Waals surface area (Å²) in [6.45, 7) is 1.76. The molecular weight excluding hydrogens is 315 g/mol. The molecule has 1 heterocycles. The average molecular weight is 326 g/mol. The fourth-order valence-corrected chi connectivity index (χ4v) is 2.22. The van der Waals surface area contributed by atoms with Gasteiger partial charge in [0.25, 0.3) is 5.69 Å². The van der Waals surface area contributed by atoms with Crippen LogP contribution < -0.4 is 0 Å². The van der Waals surface area contributed by atoms with Gasteiger partial charge in [-0.3, -0.25) is 10.1 Å². The van der Waals surface area contributed by atoms with Gasteiger partial charge in [-0.15, -0.1) is 0 Å². The molecule has 0 saturated carbocycles. The second-order valence-electron chi connectivity index (χ2n) is 5.17. The van der Waals surface area contributed by atoms with Gasteiger partial charge in [0.15, 0.2) is 5.70 Å². The van der Waals surface area contributed by atoms with E-state index in [2.05, 4.69) is 4.99 Å². The maximum Gasteiger partial charge on any atom is 0.363 e. The molecule has 7 heteroatoms. The molecule has 0 unspecified atom stereocenters. The van der Waals surface area contributed by atoms with Crippen LogP contribution in [0, 0.1) is 22.9 Å². The number of carbonyl (C=O) groups excluding carboxylic acids is 1. The van der Waals surface area contributed by atoms with Crippen molar-refractivity contribution in [1.82, 2.24) is 0 Å². The highest BCUT2D eigenvalue weighted by molar-refractivity contribution is 6.14. The van der Waals surface area contributed by atoms with E-state index in [4.69, 9.17) is 4.74 Å². The van der Waals surface area contributed by atoms with E-state index in [-0.39, 0.29) is 22.8 Å². The molecule has 0 fully saturated rings. The molecule has 0 aromatic heterocycles. The Labute approximate surface area is 136 Å². The summed E-state index contributed by atoms with van der Waals surface area (Å²) in [6.07, 6.45) is 1.43. The summed E-state index contributed by atoms with van der Waals surface area (Å²) >= 11 is 0. The van der Waals surface area contributed by atoms with Crippen LogP contribution in [-0.2, 0) is 9.53 Å². The minimum Gasteiger partial charge on any atom is -0.402 e. The molecular formula is C17H11FN2O4. The minimum absolute atomic E-state index is 0.00703. The molecule has 6 nitrogen and oxygen atoms in total. The molecule has 0 amide bonds. The number of aliphatic imine (C=N–C) groups is 1. The van der Waals surface area contributed by atoms with Crippen LogP contribution in [0.3, 0.4) is 0 Å². The zero-order chi connectivity index (χ0) is 17.3. The lowest BCUT2D eigenvalue weighted by molar-refractivity contribution is -0.385. The van der Waals surface area contributed by atoms with Crippen molar-refractivity contribution >= 4 is 23.6 Å². The van der Waals surface area contributed by atoms with Crippen LogP contribution in [0.1, 0.15) is 16.7 Å². The predicted molar refractivity (Wildman–Crippen MR) is 84.8 cm³/mol. The zero-order valence-corrected chi connectivity index (χ0v) is 12.5. The van der Waals surface area contributed by atoms with Gasteiger partial charge in [-0.25, -0.2) is 14.2 Å². The Morgan fingerprint density at radius 2 is 1.92 bits per heavy atom. The summed E-state index contributed by atoms with van der Waals surface area (Å²) < 4.78 is 18.0. The fourth-order valence-electron chi connectivity index (χ4n) is 2.22. The third kappa shape index (κ3) is 3.05. The number of rotatable bonds is 3. The van der Waals surface area contributed by atoms with Gasteiger partial charge in [-0.1, -0.05) is 18.2 Å². The summed E-state index contributed by atoms with van der Waals surface area (Å²) in [6, 6.07) is 9.93. The number of nitrogens with zero attached hydrogens (tertiary/aromatic N) is 2. The van der Waals surface area contributed by atoms with Gasteiger partial charge in [-0.05, 0) is 42.3 Å². The van der Waals surface area contributed by atoms with Crippen molar-refractivity contribution in [3.8, 4) is 0 Å². The third-order valence-corrected chi connectivity index (χ3v) is 3.37. The number of nitro groups is 1. The Kier molecular flexibility index (Phi) is 3.91. The van der Waals surface area contributed by atoms with Crippen molar-refractivity contribution in [3.63, 3.8) is 0 Å². The zero-order valence-electron chi connectivity index (χ0n) is 12.5. The van der Waals surface area contributed by atoms with Gasteiger partial charge in [0.2, 0.25) is 5.90 Å². The molecule has 0 bridgehead atoms. The van der Waals surface area contributed by atoms with Crippen molar-refractivity contribution in [3.05, 3.63) is 80.8 Å². The predicted octanol–water partition coefficient (Wildman–Crippen LogP) is 3.39. The minimum atomic E-state index is -0.717. The molecule has 24 heavy (non-hydrogen) atoms. The molecule has 0 radical (unpaired) electrons. The van der Waals surface area contributed by atoms with Crippen LogP contribution in [0.15, 0.2) is 53.2 Å². The molecule has 3 rings (SSSR count). The Balaban J connectivity index is 2.02. The van der Waals surface area contributed by atoms with E-state index in [1.165, 1.54) is 42.5 Å².